The standard InChI is InChI=1S/C16H21N3O4/c20-12(17-18-5-7-23-8-6-18)3-4-19-15(21)13-10-1-2-11(9-10)14(13)16(19)22/h1-2,10-11,13-14H,3-9H2,(H,17,20)/t10-,11-,13-,14-/m0/s1. The maximum atomic E-state index is 12.5. The Balaban J connectivity index is 1.32. The number of likely N-dealkylation sites (tertiary alicyclic amines) is 1. The normalized spacial score (nSPS) is 35.9. The van der Waals surface area contributed by atoms with Crippen LogP contribution in [-0.4, -0.2) is 60.5 Å². The van der Waals surface area contributed by atoms with E-state index in [0.717, 1.165) is 6.42 Å². The molecule has 3 fully saturated rings. The van der Waals surface area contributed by atoms with Crippen molar-refractivity contribution in [2.75, 3.05) is 32.8 Å². The molecule has 0 aromatic heterocycles. The number of hydrogen-bond acceptors (Lipinski definition) is 5. The molecule has 1 saturated carbocycles. The molecule has 7 heteroatoms. The predicted octanol–water partition coefficient (Wildman–Crippen LogP) is -0.453. The van der Waals surface area contributed by atoms with Gasteiger partial charge in [0, 0.05) is 26.1 Å². The number of ether oxygens (including phenoxy) is 1. The van der Waals surface area contributed by atoms with E-state index < -0.39 is 0 Å². The van der Waals surface area contributed by atoms with E-state index in [1.54, 1.807) is 0 Å². The molecule has 3 amide bonds. The minimum absolute atomic E-state index is 0.0870. The number of hydrazine groups is 1. The van der Waals surface area contributed by atoms with Gasteiger partial charge in [0.05, 0.1) is 25.0 Å². The lowest BCUT2D eigenvalue weighted by molar-refractivity contribution is -0.141. The Morgan fingerprint density at radius 1 is 1.13 bits per heavy atom. The number of nitrogens with zero attached hydrogens (tertiary/aromatic N) is 2. The molecule has 0 spiro atoms. The highest BCUT2D eigenvalue weighted by Gasteiger charge is 2.58. The Labute approximate surface area is 134 Å². The first-order valence-corrected chi connectivity index (χ1v) is 8.31. The third-order valence-corrected chi connectivity index (χ3v) is 5.42. The van der Waals surface area contributed by atoms with Crippen LogP contribution in [0.5, 0.6) is 0 Å². The van der Waals surface area contributed by atoms with Gasteiger partial charge in [0.2, 0.25) is 17.7 Å². The Morgan fingerprint density at radius 3 is 2.35 bits per heavy atom. The van der Waals surface area contributed by atoms with Crippen LogP contribution in [0.4, 0.5) is 0 Å². The predicted molar refractivity (Wildman–Crippen MR) is 79.6 cm³/mol. The fourth-order valence-electron chi connectivity index (χ4n) is 4.31. The second-order valence-electron chi connectivity index (χ2n) is 6.71. The molecule has 0 aromatic rings. The molecule has 1 N–H and O–H groups in total. The third-order valence-electron chi connectivity index (χ3n) is 5.42. The summed E-state index contributed by atoms with van der Waals surface area (Å²) in [6.07, 6.45) is 5.23. The fourth-order valence-corrected chi connectivity index (χ4v) is 4.31. The van der Waals surface area contributed by atoms with Gasteiger partial charge in [0.1, 0.15) is 0 Å². The van der Waals surface area contributed by atoms with Gasteiger partial charge in [0.25, 0.3) is 0 Å². The van der Waals surface area contributed by atoms with Crippen molar-refractivity contribution in [3.8, 4) is 0 Å². The van der Waals surface area contributed by atoms with Crippen LogP contribution < -0.4 is 5.43 Å². The Bertz CT molecular complexity index is 540. The highest BCUT2D eigenvalue weighted by atomic mass is 16.5. The Morgan fingerprint density at radius 2 is 1.74 bits per heavy atom. The summed E-state index contributed by atoms with van der Waals surface area (Å²) >= 11 is 0. The van der Waals surface area contributed by atoms with Gasteiger partial charge in [-0.25, -0.2) is 5.01 Å². The molecule has 124 valence electrons. The largest absolute Gasteiger partial charge is 0.379 e. The van der Waals surface area contributed by atoms with Crippen LogP contribution in [0.2, 0.25) is 0 Å². The van der Waals surface area contributed by atoms with Gasteiger partial charge in [-0.15, -0.1) is 0 Å². The Kier molecular flexibility index (Phi) is 3.69. The van der Waals surface area contributed by atoms with Crippen LogP contribution in [0.3, 0.4) is 0 Å². The summed E-state index contributed by atoms with van der Waals surface area (Å²) in [5.41, 5.74) is 2.81. The number of fused-ring (bicyclic) bond motifs is 5. The van der Waals surface area contributed by atoms with E-state index in [4.69, 9.17) is 4.74 Å². The summed E-state index contributed by atoms with van der Waals surface area (Å²) in [5.74, 6) is -0.264. The highest BCUT2D eigenvalue weighted by molar-refractivity contribution is 6.06. The first-order chi connectivity index (χ1) is 11.1. The summed E-state index contributed by atoms with van der Waals surface area (Å²) in [6, 6.07) is 0. The number of nitrogens with one attached hydrogen (secondary N) is 1. The lowest BCUT2D eigenvalue weighted by Gasteiger charge is -2.27. The van der Waals surface area contributed by atoms with Gasteiger partial charge in [-0.3, -0.25) is 24.7 Å². The van der Waals surface area contributed by atoms with Crippen molar-refractivity contribution < 1.29 is 19.1 Å². The molecule has 2 bridgehead atoms. The molecular weight excluding hydrogens is 298 g/mol. The molecule has 23 heavy (non-hydrogen) atoms. The molecule has 4 rings (SSSR count). The smallest absolute Gasteiger partial charge is 0.236 e. The number of rotatable bonds is 4. The molecule has 0 unspecified atom stereocenters. The van der Waals surface area contributed by atoms with Crippen LogP contribution >= 0.6 is 0 Å². The van der Waals surface area contributed by atoms with Gasteiger partial charge in [-0.1, -0.05) is 12.2 Å². The van der Waals surface area contributed by atoms with Gasteiger partial charge >= 0.3 is 0 Å². The summed E-state index contributed by atoms with van der Waals surface area (Å²) in [5, 5.41) is 1.82. The number of imide groups is 1. The van der Waals surface area contributed by atoms with Crippen LogP contribution in [-0.2, 0) is 19.1 Å². The van der Waals surface area contributed by atoms with Crippen LogP contribution in [0.25, 0.3) is 0 Å². The monoisotopic (exact) mass is 319 g/mol. The summed E-state index contributed by atoms with van der Waals surface area (Å²) in [7, 11) is 0. The molecule has 2 aliphatic heterocycles. The zero-order valence-corrected chi connectivity index (χ0v) is 12.9. The SMILES string of the molecule is O=C(CCN1C(=O)[C@@H]2[C@@H](C1=O)[C@H]1C=C[C@H]2C1)NN1CCOCC1. The number of allylic oxidation sites excluding steroid dienone is 2. The third kappa shape index (κ3) is 2.48. The van der Waals surface area contributed by atoms with Crippen molar-refractivity contribution in [2.24, 2.45) is 23.7 Å². The molecule has 4 aliphatic rings. The molecule has 4 atom stereocenters. The average molecular weight is 319 g/mol. The number of carbonyl (C=O) groups excluding carboxylic acids is 3. The first-order valence-electron chi connectivity index (χ1n) is 8.31. The minimum Gasteiger partial charge on any atom is -0.379 e. The maximum absolute atomic E-state index is 12.5. The van der Waals surface area contributed by atoms with Gasteiger partial charge in [-0.05, 0) is 18.3 Å². The van der Waals surface area contributed by atoms with Gasteiger partial charge < -0.3 is 4.74 Å². The summed E-state index contributed by atoms with van der Waals surface area (Å²) in [4.78, 5) is 38.3. The summed E-state index contributed by atoms with van der Waals surface area (Å²) < 4.78 is 5.22. The summed E-state index contributed by atoms with van der Waals surface area (Å²) in [6.45, 7) is 2.70. The average Bonchev–Trinajstić information content (AvgIpc) is 3.22. The van der Waals surface area contributed by atoms with Crippen molar-refractivity contribution in [3.05, 3.63) is 12.2 Å². The Hall–Kier alpha value is -1.73. The maximum Gasteiger partial charge on any atom is 0.236 e. The fraction of sp³-hybridized carbons (Fsp3) is 0.688. The molecule has 0 aromatic carbocycles. The second-order valence-corrected chi connectivity index (χ2v) is 6.71. The second kappa shape index (κ2) is 5.72. The molecule has 7 nitrogen and oxygen atoms in total. The number of hydrogen-bond donors (Lipinski definition) is 1. The topological polar surface area (TPSA) is 79.0 Å². The van der Waals surface area contributed by atoms with Crippen molar-refractivity contribution in [3.63, 3.8) is 0 Å². The quantitative estimate of drug-likeness (QED) is 0.561. The van der Waals surface area contributed by atoms with E-state index in [1.165, 1.54) is 4.90 Å². The van der Waals surface area contributed by atoms with E-state index in [2.05, 4.69) is 17.6 Å². The molecular formula is C16H21N3O4. The molecule has 2 heterocycles. The highest BCUT2D eigenvalue weighted by Crippen LogP contribution is 2.52. The lowest BCUT2D eigenvalue weighted by atomic mass is 9.85. The van der Waals surface area contributed by atoms with Crippen LogP contribution in [0.1, 0.15) is 12.8 Å². The number of morpholine rings is 1. The van der Waals surface area contributed by atoms with Crippen molar-refractivity contribution in [1.82, 2.24) is 15.3 Å². The van der Waals surface area contributed by atoms with Crippen molar-refractivity contribution in [2.45, 2.75) is 12.8 Å². The van der Waals surface area contributed by atoms with E-state index in [0.29, 0.717) is 26.3 Å². The van der Waals surface area contributed by atoms with E-state index in [1.807, 2.05) is 5.01 Å². The van der Waals surface area contributed by atoms with E-state index in [-0.39, 0.29) is 54.4 Å². The van der Waals surface area contributed by atoms with Crippen LogP contribution in [0.15, 0.2) is 12.2 Å². The number of carbonyl (C=O) groups is 3. The number of amides is 3. The van der Waals surface area contributed by atoms with E-state index in [9.17, 15) is 14.4 Å². The zero-order chi connectivity index (χ0) is 16.0. The van der Waals surface area contributed by atoms with Gasteiger partial charge in [-0.2, -0.15) is 0 Å². The molecule has 2 saturated heterocycles. The van der Waals surface area contributed by atoms with Crippen molar-refractivity contribution >= 4 is 17.7 Å². The van der Waals surface area contributed by atoms with Gasteiger partial charge in [0.15, 0.2) is 0 Å². The lowest BCUT2D eigenvalue weighted by Crippen LogP contribution is -2.49. The molecule has 2 aliphatic carbocycles. The minimum atomic E-state index is -0.181. The first kappa shape index (κ1) is 14.8. The molecule has 0 radical (unpaired) electrons. The van der Waals surface area contributed by atoms with E-state index >= 15 is 0 Å². The van der Waals surface area contributed by atoms with Crippen LogP contribution in [0, 0.1) is 23.7 Å². The zero-order valence-electron chi connectivity index (χ0n) is 12.9. The van der Waals surface area contributed by atoms with Crippen molar-refractivity contribution in [1.29, 1.82) is 0 Å².